The molecule has 0 spiro atoms. The maximum Gasteiger partial charge on any atom is 0.220 e. The Morgan fingerprint density at radius 2 is 2.33 bits per heavy atom. The van der Waals surface area contributed by atoms with Crippen molar-refractivity contribution in [3.63, 3.8) is 0 Å². The summed E-state index contributed by atoms with van der Waals surface area (Å²) in [6, 6.07) is 5.96. The van der Waals surface area contributed by atoms with Crippen molar-refractivity contribution in [3.05, 3.63) is 28.8 Å². The average Bonchev–Trinajstić information content (AvgIpc) is 2.37. The van der Waals surface area contributed by atoms with Gasteiger partial charge < -0.3 is 5.32 Å². The Morgan fingerprint density at radius 1 is 1.50 bits per heavy atom. The standard InChI is InChI=1S/C13H15Cl2NOS/c14-6-1-2-13(17)16-11-5-7-18-12-4-3-9(15)8-10(11)12/h3-4,8,11H,1-2,5-7H2,(H,16,17). The van der Waals surface area contributed by atoms with Gasteiger partial charge in [0.05, 0.1) is 6.04 Å². The largest absolute Gasteiger partial charge is 0.349 e. The van der Waals surface area contributed by atoms with Crippen molar-refractivity contribution in [1.29, 1.82) is 0 Å². The molecule has 0 fully saturated rings. The molecule has 1 unspecified atom stereocenters. The highest BCUT2D eigenvalue weighted by molar-refractivity contribution is 7.99. The summed E-state index contributed by atoms with van der Waals surface area (Å²) in [5.41, 5.74) is 1.14. The van der Waals surface area contributed by atoms with Crippen LogP contribution in [0.4, 0.5) is 0 Å². The Kier molecular flexibility index (Phi) is 5.22. The molecule has 0 saturated heterocycles. The van der Waals surface area contributed by atoms with Crippen molar-refractivity contribution in [1.82, 2.24) is 5.32 Å². The van der Waals surface area contributed by atoms with Gasteiger partial charge in [-0.2, -0.15) is 0 Å². The fraction of sp³-hybridized carbons (Fsp3) is 0.462. The Bertz CT molecular complexity index is 439. The van der Waals surface area contributed by atoms with Crippen molar-refractivity contribution >= 4 is 40.9 Å². The van der Waals surface area contributed by atoms with Gasteiger partial charge in [-0.3, -0.25) is 4.79 Å². The van der Waals surface area contributed by atoms with E-state index in [0.29, 0.717) is 12.3 Å². The average molecular weight is 304 g/mol. The third kappa shape index (κ3) is 3.56. The SMILES string of the molecule is O=C(CCCCl)NC1CCSc2ccc(Cl)cc21. The number of rotatable bonds is 4. The summed E-state index contributed by atoms with van der Waals surface area (Å²) in [5, 5.41) is 3.79. The third-order valence-electron chi connectivity index (χ3n) is 2.88. The molecular formula is C13H15Cl2NOS. The van der Waals surface area contributed by atoms with E-state index in [-0.39, 0.29) is 11.9 Å². The van der Waals surface area contributed by atoms with Crippen LogP contribution in [0.5, 0.6) is 0 Å². The van der Waals surface area contributed by atoms with Crippen LogP contribution in [-0.2, 0) is 4.79 Å². The lowest BCUT2D eigenvalue weighted by Crippen LogP contribution is -2.30. The Balaban J connectivity index is 2.07. The van der Waals surface area contributed by atoms with Crippen molar-refractivity contribution in [2.45, 2.75) is 30.2 Å². The van der Waals surface area contributed by atoms with Crippen molar-refractivity contribution in [2.24, 2.45) is 0 Å². The number of fused-ring (bicyclic) bond motifs is 1. The van der Waals surface area contributed by atoms with Gasteiger partial charge in [0, 0.05) is 28.0 Å². The van der Waals surface area contributed by atoms with Gasteiger partial charge in [0.1, 0.15) is 0 Å². The topological polar surface area (TPSA) is 29.1 Å². The Hall–Kier alpha value is -0.380. The summed E-state index contributed by atoms with van der Waals surface area (Å²) in [5.74, 6) is 1.62. The molecule has 2 nitrogen and oxygen atoms in total. The van der Waals surface area contributed by atoms with Crippen LogP contribution in [-0.4, -0.2) is 17.5 Å². The summed E-state index contributed by atoms with van der Waals surface area (Å²) in [7, 11) is 0. The molecule has 0 saturated carbocycles. The van der Waals surface area contributed by atoms with Crippen LogP contribution < -0.4 is 5.32 Å². The number of thioether (sulfide) groups is 1. The molecular weight excluding hydrogens is 289 g/mol. The first-order valence-corrected chi connectivity index (χ1v) is 7.88. The van der Waals surface area contributed by atoms with Gasteiger partial charge >= 0.3 is 0 Å². The molecule has 2 rings (SSSR count). The first-order chi connectivity index (χ1) is 8.70. The van der Waals surface area contributed by atoms with E-state index in [2.05, 4.69) is 5.32 Å². The molecule has 1 atom stereocenters. The van der Waals surface area contributed by atoms with Crippen LogP contribution in [0.1, 0.15) is 30.9 Å². The minimum absolute atomic E-state index is 0.0680. The van der Waals surface area contributed by atoms with Gasteiger partial charge in [-0.1, -0.05) is 11.6 Å². The minimum atomic E-state index is 0.0680. The van der Waals surface area contributed by atoms with Gasteiger partial charge in [-0.25, -0.2) is 0 Å². The fourth-order valence-corrected chi connectivity index (χ4v) is 3.43. The highest BCUT2D eigenvalue weighted by Gasteiger charge is 2.22. The lowest BCUT2D eigenvalue weighted by Gasteiger charge is -2.26. The van der Waals surface area contributed by atoms with E-state index in [9.17, 15) is 4.79 Å². The second-order valence-electron chi connectivity index (χ2n) is 4.23. The second-order valence-corrected chi connectivity index (χ2v) is 6.18. The smallest absolute Gasteiger partial charge is 0.220 e. The van der Waals surface area contributed by atoms with Gasteiger partial charge in [0.25, 0.3) is 0 Å². The van der Waals surface area contributed by atoms with E-state index in [1.807, 2.05) is 30.0 Å². The number of amides is 1. The van der Waals surface area contributed by atoms with E-state index in [0.717, 1.165) is 29.2 Å². The molecule has 1 amide bonds. The number of hydrogen-bond donors (Lipinski definition) is 1. The van der Waals surface area contributed by atoms with E-state index in [1.165, 1.54) is 4.90 Å². The number of carbonyl (C=O) groups excluding carboxylic acids is 1. The highest BCUT2D eigenvalue weighted by Crippen LogP contribution is 2.37. The maximum atomic E-state index is 11.8. The Labute approximate surface area is 121 Å². The lowest BCUT2D eigenvalue weighted by molar-refractivity contribution is -0.121. The monoisotopic (exact) mass is 303 g/mol. The molecule has 1 aromatic rings. The number of hydrogen-bond acceptors (Lipinski definition) is 2. The van der Waals surface area contributed by atoms with E-state index < -0.39 is 0 Å². The first-order valence-electron chi connectivity index (χ1n) is 5.98. The lowest BCUT2D eigenvalue weighted by atomic mass is 10.0. The second kappa shape index (κ2) is 6.69. The van der Waals surface area contributed by atoms with Gasteiger partial charge in [-0.15, -0.1) is 23.4 Å². The Morgan fingerprint density at radius 3 is 3.11 bits per heavy atom. The molecule has 98 valence electrons. The van der Waals surface area contributed by atoms with Crippen LogP contribution in [0.3, 0.4) is 0 Å². The predicted molar refractivity (Wildman–Crippen MR) is 77.6 cm³/mol. The number of halogens is 2. The van der Waals surface area contributed by atoms with Crippen LogP contribution >= 0.6 is 35.0 Å². The number of nitrogens with one attached hydrogen (secondary N) is 1. The van der Waals surface area contributed by atoms with Gasteiger partial charge in [0.15, 0.2) is 0 Å². The number of carbonyl (C=O) groups is 1. The number of alkyl halides is 1. The zero-order valence-corrected chi connectivity index (χ0v) is 12.2. The molecule has 1 aliphatic heterocycles. The fourth-order valence-electron chi connectivity index (χ4n) is 2.01. The molecule has 1 aliphatic rings. The van der Waals surface area contributed by atoms with Crippen molar-refractivity contribution in [2.75, 3.05) is 11.6 Å². The van der Waals surface area contributed by atoms with E-state index in [1.54, 1.807) is 0 Å². The molecule has 0 aromatic heterocycles. The molecule has 0 radical (unpaired) electrons. The van der Waals surface area contributed by atoms with Crippen LogP contribution in [0.25, 0.3) is 0 Å². The van der Waals surface area contributed by atoms with E-state index in [4.69, 9.17) is 23.2 Å². The quantitative estimate of drug-likeness (QED) is 0.852. The van der Waals surface area contributed by atoms with Crippen LogP contribution in [0.15, 0.2) is 23.1 Å². The van der Waals surface area contributed by atoms with Crippen molar-refractivity contribution in [3.8, 4) is 0 Å². The molecule has 18 heavy (non-hydrogen) atoms. The zero-order chi connectivity index (χ0) is 13.0. The summed E-state index contributed by atoms with van der Waals surface area (Å²) in [6.07, 6.45) is 2.16. The summed E-state index contributed by atoms with van der Waals surface area (Å²) in [6.45, 7) is 0. The van der Waals surface area contributed by atoms with Crippen molar-refractivity contribution < 1.29 is 4.79 Å². The molecule has 1 heterocycles. The summed E-state index contributed by atoms with van der Waals surface area (Å²) >= 11 is 13.4. The molecule has 0 aliphatic carbocycles. The van der Waals surface area contributed by atoms with Gasteiger partial charge in [0.2, 0.25) is 5.91 Å². The molecule has 1 aromatic carbocycles. The number of benzene rings is 1. The molecule has 0 bridgehead atoms. The normalized spacial score (nSPS) is 18.2. The molecule has 5 heteroatoms. The minimum Gasteiger partial charge on any atom is -0.349 e. The maximum absolute atomic E-state index is 11.8. The van der Waals surface area contributed by atoms with Crippen LogP contribution in [0, 0.1) is 0 Å². The summed E-state index contributed by atoms with van der Waals surface area (Å²) < 4.78 is 0. The highest BCUT2D eigenvalue weighted by atomic mass is 35.5. The summed E-state index contributed by atoms with van der Waals surface area (Å²) in [4.78, 5) is 13.0. The van der Waals surface area contributed by atoms with E-state index >= 15 is 0 Å². The predicted octanol–water partition coefficient (Wildman–Crippen LogP) is 4.01. The zero-order valence-electron chi connectivity index (χ0n) is 9.92. The molecule has 1 N–H and O–H groups in total. The van der Waals surface area contributed by atoms with Gasteiger partial charge in [-0.05, 0) is 36.6 Å². The third-order valence-corrected chi connectivity index (χ3v) is 4.51. The van der Waals surface area contributed by atoms with Crippen LogP contribution in [0.2, 0.25) is 5.02 Å². The first kappa shape index (κ1) is 14.0.